The van der Waals surface area contributed by atoms with Gasteiger partial charge in [-0.15, -0.1) is 11.3 Å². The van der Waals surface area contributed by atoms with E-state index in [1.165, 1.54) is 0 Å². The van der Waals surface area contributed by atoms with Gasteiger partial charge in [0.15, 0.2) is 0 Å². The first-order valence-corrected chi connectivity index (χ1v) is 14.5. The number of anilines is 2. The van der Waals surface area contributed by atoms with Crippen LogP contribution in [-0.4, -0.2) is 35.0 Å². The van der Waals surface area contributed by atoms with E-state index in [4.69, 9.17) is 4.74 Å². The van der Waals surface area contributed by atoms with Crippen molar-refractivity contribution in [2.45, 2.75) is 46.8 Å². The normalized spacial score (nSPS) is 15.8. The van der Waals surface area contributed by atoms with Gasteiger partial charge in [0.05, 0.1) is 11.4 Å². The molecule has 1 saturated heterocycles. The van der Waals surface area contributed by atoms with Crippen LogP contribution in [0, 0.1) is 0 Å². The molecule has 40 heavy (non-hydrogen) atoms. The minimum atomic E-state index is -0.662. The van der Waals surface area contributed by atoms with Crippen molar-refractivity contribution in [2.24, 2.45) is 0 Å². The topological polar surface area (TPSA) is 87.7 Å². The predicted molar refractivity (Wildman–Crippen MR) is 165 cm³/mol. The molecular formula is C31H32BrN3O4S. The number of nitrogens with zero attached hydrogens (tertiary/aromatic N) is 1. The van der Waals surface area contributed by atoms with Crippen LogP contribution in [-0.2, 0) is 16.1 Å². The lowest BCUT2D eigenvalue weighted by atomic mass is 10.1. The SMILES string of the molecule is CC=C1C(=O)N(Cc2ccc(C(=O)Nc3cc(-c4cccs4)ccc3NC(=O)OC(C)(C)C)cc2)CC1=C(C)Br. The molecule has 208 valence electrons. The third kappa shape index (κ3) is 7.08. The molecule has 2 aromatic carbocycles. The number of nitrogens with one attached hydrogen (secondary N) is 2. The maximum absolute atomic E-state index is 13.3. The second-order valence-electron chi connectivity index (χ2n) is 10.4. The highest BCUT2D eigenvalue weighted by atomic mass is 79.9. The molecule has 0 aliphatic carbocycles. The van der Waals surface area contributed by atoms with E-state index in [1.807, 2.05) is 61.7 Å². The van der Waals surface area contributed by atoms with E-state index in [0.29, 0.717) is 35.6 Å². The van der Waals surface area contributed by atoms with Crippen molar-refractivity contribution >= 4 is 56.5 Å². The zero-order chi connectivity index (χ0) is 29.0. The smallest absolute Gasteiger partial charge is 0.412 e. The van der Waals surface area contributed by atoms with E-state index in [1.54, 1.807) is 55.2 Å². The van der Waals surface area contributed by atoms with E-state index in [-0.39, 0.29) is 11.8 Å². The maximum Gasteiger partial charge on any atom is 0.412 e. The van der Waals surface area contributed by atoms with Gasteiger partial charge in [0.25, 0.3) is 11.8 Å². The van der Waals surface area contributed by atoms with Crippen molar-refractivity contribution in [3.05, 3.63) is 92.8 Å². The monoisotopic (exact) mass is 621 g/mol. The Kier molecular flexibility index (Phi) is 8.95. The Morgan fingerprint density at radius 3 is 2.38 bits per heavy atom. The van der Waals surface area contributed by atoms with E-state index < -0.39 is 11.7 Å². The fourth-order valence-corrected chi connectivity index (χ4v) is 5.37. The lowest BCUT2D eigenvalue weighted by Crippen LogP contribution is -2.27. The van der Waals surface area contributed by atoms with Crippen LogP contribution < -0.4 is 10.6 Å². The molecule has 2 heterocycles. The molecule has 4 rings (SSSR count). The Labute approximate surface area is 247 Å². The van der Waals surface area contributed by atoms with Crippen molar-refractivity contribution in [1.82, 2.24) is 4.90 Å². The number of hydrogen-bond donors (Lipinski definition) is 2. The number of likely N-dealkylation sites (tertiary alicyclic amines) is 1. The summed E-state index contributed by atoms with van der Waals surface area (Å²) in [5.41, 5.74) is 4.21. The number of thiophene rings is 1. The first-order chi connectivity index (χ1) is 18.9. The van der Waals surface area contributed by atoms with Gasteiger partial charge < -0.3 is 15.0 Å². The first kappa shape index (κ1) is 29.3. The number of ether oxygens (including phenoxy) is 1. The number of carbonyl (C=O) groups excluding carboxylic acids is 3. The Morgan fingerprint density at radius 1 is 1.07 bits per heavy atom. The molecule has 0 unspecified atom stereocenters. The van der Waals surface area contributed by atoms with Gasteiger partial charge in [0.2, 0.25) is 0 Å². The van der Waals surface area contributed by atoms with Gasteiger partial charge >= 0.3 is 6.09 Å². The second-order valence-corrected chi connectivity index (χ2v) is 12.5. The summed E-state index contributed by atoms with van der Waals surface area (Å²) < 4.78 is 6.35. The molecule has 0 atom stereocenters. The van der Waals surface area contributed by atoms with E-state index in [9.17, 15) is 14.4 Å². The molecule has 1 aliphatic heterocycles. The summed E-state index contributed by atoms with van der Waals surface area (Å²) in [5, 5.41) is 7.67. The summed E-state index contributed by atoms with van der Waals surface area (Å²) in [7, 11) is 0. The Bertz CT molecular complexity index is 1480. The molecule has 7 nitrogen and oxygen atoms in total. The van der Waals surface area contributed by atoms with Crippen LogP contribution in [0.3, 0.4) is 0 Å². The number of halogens is 1. The molecule has 1 fully saturated rings. The van der Waals surface area contributed by atoms with Gasteiger partial charge in [-0.2, -0.15) is 0 Å². The highest BCUT2D eigenvalue weighted by Gasteiger charge is 2.30. The number of allylic oxidation sites excluding steroid dienone is 2. The molecular weight excluding hydrogens is 590 g/mol. The van der Waals surface area contributed by atoms with Gasteiger partial charge in [-0.05, 0) is 91.5 Å². The highest BCUT2D eigenvalue weighted by Crippen LogP contribution is 2.33. The van der Waals surface area contributed by atoms with Crippen LogP contribution in [0.15, 0.2) is 81.7 Å². The maximum atomic E-state index is 13.3. The average molecular weight is 623 g/mol. The molecule has 1 aliphatic rings. The van der Waals surface area contributed by atoms with E-state index in [2.05, 4.69) is 26.6 Å². The van der Waals surface area contributed by atoms with Crippen LogP contribution in [0.1, 0.15) is 50.5 Å². The Morgan fingerprint density at radius 2 is 1.80 bits per heavy atom. The van der Waals surface area contributed by atoms with Crippen molar-refractivity contribution in [2.75, 3.05) is 17.2 Å². The minimum Gasteiger partial charge on any atom is -0.444 e. The third-order valence-corrected chi connectivity index (χ3v) is 7.59. The van der Waals surface area contributed by atoms with Crippen molar-refractivity contribution in [3.8, 4) is 10.4 Å². The fourth-order valence-electron chi connectivity index (χ4n) is 4.31. The van der Waals surface area contributed by atoms with Gasteiger partial charge in [-0.25, -0.2) is 4.79 Å². The fraction of sp³-hybridized carbons (Fsp3) is 0.258. The lowest BCUT2D eigenvalue weighted by molar-refractivity contribution is -0.125. The molecule has 1 aromatic heterocycles. The van der Waals surface area contributed by atoms with Crippen LogP contribution in [0.5, 0.6) is 0 Å². The Balaban J connectivity index is 1.51. The number of amides is 3. The molecule has 0 saturated carbocycles. The number of hydrogen-bond acceptors (Lipinski definition) is 5. The van der Waals surface area contributed by atoms with Gasteiger partial charge in [0, 0.05) is 29.1 Å². The summed E-state index contributed by atoms with van der Waals surface area (Å²) in [4.78, 5) is 41.4. The molecule has 2 N–H and O–H groups in total. The number of benzene rings is 2. The quantitative estimate of drug-likeness (QED) is 0.273. The van der Waals surface area contributed by atoms with Crippen LogP contribution in [0.2, 0.25) is 0 Å². The van der Waals surface area contributed by atoms with Gasteiger partial charge in [-0.1, -0.05) is 46.3 Å². The third-order valence-electron chi connectivity index (χ3n) is 6.19. The Hall–Kier alpha value is -3.69. The highest BCUT2D eigenvalue weighted by molar-refractivity contribution is 9.11. The lowest BCUT2D eigenvalue weighted by Gasteiger charge is -2.21. The number of carbonyl (C=O) groups is 3. The minimum absolute atomic E-state index is 0.00578. The van der Waals surface area contributed by atoms with Crippen LogP contribution in [0.25, 0.3) is 10.4 Å². The molecule has 9 heteroatoms. The second kappa shape index (κ2) is 12.2. The molecule has 0 spiro atoms. The molecule has 0 bridgehead atoms. The van der Waals surface area contributed by atoms with E-state index >= 15 is 0 Å². The van der Waals surface area contributed by atoms with E-state index in [0.717, 1.165) is 26.1 Å². The van der Waals surface area contributed by atoms with Gasteiger partial charge in [0.1, 0.15) is 5.60 Å². The van der Waals surface area contributed by atoms with Crippen molar-refractivity contribution in [3.63, 3.8) is 0 Å². The van der Waals surface area contributed by atoms with Crippen molar-refractivity contribution in [1.29, 1.82) is 0 Å². The summed E-state index contributed by atoms with van der Waals surface area (Å²) in [5.74, 6) is -0.329. The standard InChI is InChI=1S/C31H32BrN3O4S/c1-6-23-24(19(2)32)18-35(29(23)37)17-20-9-11-21(12-10-20)28(36)33-26-16-22(27-8-7-15-40-27)13-14-25(26)34-30(38)39-31(3,4)5/h6-16H,17-18H2,1-5H3,(H,33,36)(H,34,38). The van der Waals surface area contributed by atoms with Gasteiger partial charge in [-0.3, -0.25) is 14.9 Å². The van der Waals surface area contributed by atoms with Crippen molar-refractivity contribution < 1.29 is 19.1 Å². The zero-order valence-corrected chi connectivity index (χ0v) is 25.5. The molecule has 3 aromatic rings. The predicted octanol–water partition coefficient (Wildman–Crippen LogP) is 7.97. The molecule has 0 radical (unpaired) electrons. The zero-order valence-electron chi connectivity index (χ0n) is 23.1. The average Bonchev–Trinajstić information content (AvgIpc) is 3.53. The summed E-state index contributed by atoms with van der Waals surface area (Å²) in [6, 6.07) is 16.6. The summed E-state index contributed by atoms with van der Waals surface area (Å²) in [6.07, 6.45) is 1.23. The van der Waals surface area contributed by atoms with Crippen LogP contribution >= 0.6 is 27.3 Å². The largest absolute Gasteiger partial charge is 0.444 e. The van der Waals surface area contributed by atoms with Crippen LogP contribution in [0.4, 0.5) is 16.2 Å². The summed E-state index contributed by atoms with van der Waals surface area (Å²) in [6.45, 7) is 10.1. The first-order valence-electron chi connectivity index (χ1n) is 12.8. The number of rotatable bonds is 6. The molecule has 3 amide bonds. The summed E-state index contributed by atoms with van der Waals surface area (Å²) >= 11 is 5.09.